The predicted molar refractivity (Wildman–Crippen MR) is 78.6 cm³/mol. The first-order valence-corrected chi connectivity index (χ1v) is 7.77. The van der Waals surface area contributed by atoms with Gasteiger partial charge in [0.2, 0.25) is 5.91 Å². The summed E-state index contributed by atoms with van der Waals surface area (Å²) in [6, 6.07) is -0.0635. The van der Waals surface area contributed by atoms with Gasteiger partial charge in [0.1, 0.15) is 0 Å². The van der Waals surface area contributed by atoms with Crippen molar-refractivity contribution in [2.75, 3.05) is 52.9 Å². The van der Waals surface area contributed by atoms with Crippen molar-refractivity contribution in [3.8, 4) is 0 Å². The average Bonchev–Trinajstić information content (AvgIpc) is 2.48. The molecule has 20 heavy (non-hydrogen) atoms. The molecule has 0 bridgehead atoms. The quantitative estimate of drug-likeness (QED) is 0.595. The van der Waals surface area contributed by atoms with E-state index >= 15 is 0 Å². The number of likely N-dealkylation sites (N-methyl/N-ethyl adjacent to an activating group) is 1. The molecule has 116 valence electrons. The normalized spacial score (nSPS) is 27.2. The van der Waals surface area contributed by atoms with Gasteiger partial charge in [-0.05, 0) is 19.4 Å². The summed E-state index contributed by atoms with van der Waals surface area (Å²) in [5, 5.41) is 16.3. The van der Waals surface area contributed by atoms with Crippen molar-refractivity contribution in [2.45, 2.75) is 31.4 Å². The molecule has 2 atom stereocenters. The van der Waals surface area contributed by atoms with Crippen LogP contribution in [0.15, 0.2) is 0 Å². The number of hydrogen-bond donors (Lipinski definition) is 3. The summed E-state index contributed by atoms with van der Waals surface area (Å²) in [5.74, 6) is 0.0825. The van der Waals surface area contributed by atoms with Crippen LogP contribution in [-0.4, -0.2) is 85.8 Å². The third kappa shape index (κ3) is 4.41. The third-order valence-electron chi connectivity index (χ3n) is 4.29. The molecule has 2 unspecified atom stereocenters. The Kier molecular flexibility index (Phi) is 6.22. The smallest absolute Gasteiger partial charge is 0.237 e. The van der Waals surface area contributed by atoms with Crippen LogP contribution in [0.2, 0.25) is 0 Å². The first-order valence-electron chi connectivity index (χ1n) is 7.77. The molecule has 1 amide bonds. The lowest BCUT2D eigenvalue weighted by Crippen LogP contribution is -2.53. The third-order valence-corrected chi connectivity index (χ3v) is 4.29. The molecular formula is C14H28N4O2. The molecule has 0 radical (unpaired) electrons. The zero-order chi connectivity index (χ0) is 14.4. The summed E-state index contributed by atoms with van der Waals surface area (Å²) in [4.78, 5) is 16.3. The molecule has 2 rings (SSSR count). The molecular weight excluding hydrogens is 256 g/mol. The second kappa shape index (κ2) is 7.93. The average molecular weight is 284 g/mol. The van der Waals surface area contributed by atoms with E-state index in [-0.39, 0.29) is 18.1 Å². The van der Waals surface area contributed by atoms with E-state index in [1.165, 1.54) is 0 Å². The van der Waals surface area contributed by atoms with E-state index in [1.807, 2.05) is 0 Å². The maximum Gasteiger partial charge on any atom is 0.237 e. The Morgan fingerprint density at radius 1 is 1.30 bits per heavy atom. The summed E-state index contributed by atoms with van der Waals surface area (Å²) in [6.07, 6.45) is 2.74. The minimum Gasteiger partial charge on any atom is -0.390 e. The number of piperidine rings is 1. The minimum atomic E-state index is -0.377. The van der Waals surface area contributed by atoms with Gasteiger partial charge in [0, 0.05) is 46.3 Å². The topological polar surface area (TPSA) is 67.8 Å². The number of aliphatic hydroxyl groups is 1. The molecule has 0 saturated carbocycles. The Labute approximate surface area is 121 Å². The lowest BCUT2D eigenvalue weighted by molar-refractivity contribution is -0.127. The summed E-state index contributed by atoms with van der Waals surface area (Å²) in [5.41, 5.74) is 0. The van der Waals surface area contributed by atoms with Gasteiger partial charge < -0.3 is 15.7 Å². The van der Waals surface area contributed by atoms with Gasteiger partial charge in [-0.3, -0.25) is 14.6 Å². The van der Waals surface area contributed by atoms with Crippen molar-refractivity contribution in [3.63, 3.8) is 0 Å². The minimum absolute atomic E-state index is 0.0635. The van der Waals surface area contributed by atoms with Crippen LogP contribution in [0.5, 0.6) is 0 Å². The largest absolute Gasteiger partial charge is 0.390 e. The highest BCUT2D eigenvalue weighted by molar-refractivity contribution is 5.81. The summed E-state index contributed by atoms with van der Waals surface area (Å²) < 4.78 is 0. The van der Waals surface area contributed by atoms with E-state index in [0.29, 0.717) is 13.1 Å². The maximum absolute atomic E-state index is 11.9. The predicted octanol–water partition coefficient (Wildman–Crippen LogP) is -1.15. The zero-order valence-corrected chi connectivity index (χ0v) is 12.5. The lowest BCUT2D eigenvalue weighted by Gasteiger charge is -2.37. The Hall–Kier alpha value is -0.690. The summed E-state index contributed by atoms with van der Waals surface area (Å²) >= 11 is 0. The Morgan fingerprint density at radius 2 is 2.05 bits per heavy atom. The number of piperazine rings is 1. The molecule has 0 aliphatic carbocycles. The second-order valence-electron chi connectivity index (χ2n) is 5.83. The van der Waals surface area contributed by atoms with Crippen LogP contribution in [0, 0.1) is 0 Å². The fourth-order valence-electron chi connectivity index (χ4n) is 3.19. The lowest BCUT2D eigenvalue weighted by atomic mass is 10.0. The number of likely N-dealkylation sites (tertiary alicyclic amines) is 1. The van der Waals surface area contributed by atoms with E-state index in [0.717, 1.165) is 52.0 Å². The fraction of sp³-hybridized carbons (Fsp3) is 0.929. The zero-order valence-electron chi connectivity index (χ0n) is 12.5. The van der Waals surface area contributed by atoms with Crippen molar-refractivity contribution >= 4 is 5.91 Å². The highest BCUT2D eigenvalue weighted by atomic mass is 16.3. The van der Waals surface area contributed by atoms with Crippen molar-refractivity contribution in [2.24, 2.45) is 0 Å². The van der Waals surface area contributed by atoms with Crippen LogP contribution in [0.25, 0.3) is 0 Å². The number of aliphatic hydroxyl groups excluding tert-OH is 1. The number of hydrogen-bond acceptors (Lipinski definition) is 5. The molecule has 2 fully saturated rings. The number of nitrogens with zero attached hydrogens (tertiary/aromatic N) is 2. The number of amides is 1. The van der Waals surface area contributed by atoms with Crippen molar-refractivity contribution in [1.82, 2.24) is 20.4 Å². The monoisotopic (exact) mass is 284 g/mol. The molecule has 2 aliphatic rings. The van der Waals surface area contributed by atoms with Crippen LogP contribution in [0.4, 0.5) is 0 Å². The molecule has 2 saturated heterocycles. The molecule has 0 aromatic carbocycles. The van der Waals surface area contributed by atoms with Crippen molar-refractivity contribution in [3.05, 3.63) is 0 Å². The van der Waals surface area contributed by atoms with Crippen molar-refractivity contribution < 1.29 is 9.90 Å². The molecule has 0 aromatic heterocycles. The van der Waals surface area contributed by atoms with Gasteiger partial charge in [-0.15, -0.1) is 0 Å². The molecule has 3 N–H and O–H groups in total. The molecule has 0 spiro atoms. The van der Waals surface area contributed by atoms with Crippen LogP contribution in [0.3, 0.4) is 0 Å². The maximum atomic E-state index is 11.9. The first kappa shape index (κ1) is 15.7. The van der Waals surface area contributed by atoms with Crippen LogP contribution in [0.1, 0.15) is 19.3 Å². The van der Waals surface area contributed by atoms with Gasteiger partial charge in [0.25, 0.3) is 0 Å². The van der Waals surface area contributed by atoms with Gasteiger partial charge in [-0.1, -0.05) is 6.42 Å². The molecule has 0 aromatic rings. The highest BCUT2D eigenvalue weighted by Crippen LogP contribution is 2.17. The second-order valence-corrected chi connectivity index (χ2v) is 5.83. The Bertz CT molecular complexity index is 308. The van der Waals surface area contributed by atoms with Crippen LogP contribution in [-0.2, 0) is 4.79 Å². The molecule has 6 heteroatoms. The van der Waals surface area contributed by atoms with E-state index in [1.54, 1.807) is 7.05 Å². The molecule has 6 nitrogen and oxygen atoms in total. The number of nitrogens with one attached hydrogen (secondary N) is 2. The number of rotatable bonds is 5. The Morgan fingerprint density at radius 3 is 2.75 bits per heavy atom. The van der Waals surface area contributed by atoms with Crippen molar-refractivity contribution in [1.29, 1.82) is 0 Å². The molecule has 2 aliphatic heterocycles. The summed E-state index contributed by atoms with van der Waals surface area (Å²) in [7, 11) is 1.69. The van der Waals surface area contributed by atoms with Gasteiger partial charge in [0.15, 0.2) is 0 Å². The standard InChI is InChI=1S/C14H28N4O2/c1-15-14(20)13-4-2-3-7-18(13)11-12(19)10-17-8-5-16-6-9-17/h12-13,16,19H,2-11H2,1H3,(H,15,20). The first-order chi connectivity index (χ1) is 9.70. The number of carbonyl (C=O) groups is 1. The number of carbonyl (C=O) groups excluding carboxylic acids is 1. The van der Waals surface area contributed by atoms with Crippen LogP contribution >= 0.6 is 0 Å². The Balaban J connectivity index is 1.81. The van der Waals surface area contributed by atoms with E-state index in [9.17, 15) is 9.90 Å². The SMILES string of the molecule is CNC(=O)C1CCCCN1CC(O)CN1CCNCC1. The number of β-amino-alcohol motifs (C(OH)–C–C–N with tert-alkyl or cyclic N) is 1. The van der Waals surface area contributed by atoms with Gasteiger partial charge >= 0.3 is 0 Å². The van der Waals surface area contributed by atoms with Gasteiger partial charge in [0.05, 0.1) is 12.1 Å². The van der Waals surface area contributed by atoms with E-state index < -0.39 is 0 Å². The summed E-state index contributed by atoms with van der Waals surface area (Å²) in [6.45, 7) is 6.21. The van der Waals surface area contributed by atoms with Gasteiger partial charge in [-0.25, -0.2) is 0 Å². The fourth-order valence-corrected chi connectivity index (χ4v) is 3.19. The van der Waals surface area contributed by atoms with E-state index in [4.69, 9.17) is 0 Å². The van der Waals surface area contributed by atoms with Crippen LogP contribution < -0.4 is 10.6 Å². The molecule has 2 heterocycles. The highest BCUT2D eigenvalue weighted by Gasteiger charge is 2.29. The van der Waals surface area contributed by atoms with E-state index in [2.05, 4.69) is 20.4 Å². The van der Waals surface area contributed by atoms with Gasteiger partial charge in [-0.2, -0.15) is 0 Å².